The Bertz CT molecular complexity index is 907. The maximum atomic E-state index is 9.59. The quantitative estimate of drug-likeness (QED) is 0.183. The van der Waals surface area contributed by atoms with Crippen LogP contribution in [-0.4, -0.2) is 84.4 Å². The van der Waals surface area contributed by atoms with E-state index < -0.39 is 0 Å². The van der Waals surface area contributed by atoms with Gasteiger partial charge in [-0.25, -0.2) is 9.97 Å². The molecule has 13 heteroatoms. The van der Waals surface area contributed by atoms with Crippen molar-refractivity contribution < 1.29 is 24.1 Å². The third kappa shape index (κ3) is 9.13. The molecular weight excluding hydrogens is 468 g/mol. The number of rotatable bonds is 18. The van der Waals surface area contributed by atoms with Crippen molar-refractivity contribution in [3.8, 4) is 11.5 Å². The maximum Gasteiger partial charge on any atom is 0.222 e. The number of methoxy groups -OCH3 is 2. The van der Waals surface area contributed by atoms with Crippen LogP contribution in [0.4, 0.5) is 23.5 Å². The Morgan fingerprint density at radius 2 is 1.61 bits per heavy atom. The van der Waals surface area contributed by atoms with Gasteiger partial charge < -0.3 is 46.2 Å². The molecule has 0 aliphatic carbocycles. The fraction of sp³-hybridized carbons (Fsp3) is 0.652. The lowest BCUT2D eigenvalue weighted by Crippen LogP contribution is -2.36. The van der Waals surface area contributed by atoms with Crippen molar-refractivity contribution in [3.63, 3.8) is 0 Å². The Hall–Kier alpha value is -3.16. The van der Waals surface area contributed by atoms with Crippen molar-refractivity contribution in [2.24, 2.45) is 5.92 Å². The highest BCUT2D eigenvalue weighted by atomic mass is 16.5. The minimum Gasteiger partial charge on any atom is -0.491 e. The number of hydrogen-bond donors (Lipinski definition) is 5. The highest BCUT2D eigenvalue weighted by molar-refractivity contribution is 5.52. The van der Waals surface area contributed by atoms with Crippen molar-refractivity contribution >= 4 is 23.5 Å². The summed E-state index contributed by atoms with van der Waals surface area (Å²) in [5.41, 5.74) is 11.5. The van der Waals surface area contributed by atoms with Gasteiger partial charge in [-0.2, -0.15) is 9.97 Å². The topological polar surface area (TPSA) is 185 Å². The lowest BCUT2D eigenvalue weighted by Gasteiger charge is -2.27. The van der Waals surface area contributed by atoms with Crippen molar-refractivity contribution in [1.29, 1.82) is 0 Å². The number of hydrogen-bond acceptors (Lipinski definition) is 13. The average molecular weight is 509 g/mol. The fourth-order valence-corrected chi connectivity index (χ4v) is 3.60. The molecule has 0 bridgehead atoms. The molecule has 3 atom stereocenters. The lowest BCUT2D eigenvalue weighted by atomic mass is 9.98. The monoisotopic (exact) mass is 508 g/mol. The molecule has 0 saturated carbocycles. The summed E-state index contributed by atoms with van der Waals surface area (Å²) in [6.07, 6.45) is 5.57. The second-order valence-electron chi connectivity index (χ2n) is 8.20. The fourth-order valence-electron chi connectivity index (χ4n) is 3.60. The molecule has 0 aliphatic heterocycles. The summed E-state index contributed by atoms with van der Waals surface area (Å²) < 4.78 is 22.5. The predicted molar refractivity (Wildman–Crippen MR) is 138 cm³/mol. The molecule has 0 spiro atoms. The highest BCUT2D eigenvalue weighted by Gasteiger charge is 2.23. The van der Waals surface area contributed by atoms with Crippen LogP contribution in [0.2, 0.25) is 0 Å². The molecule has 0 amide bonds. The lowest BCUT2D eigenvalue weighted by molar-refractivity contribution is 0.0559. The summed E-state index contributed by atoms with van der Waals surface area (Å²) in [6.45, 7) is 5.64. The Morgan fingerprint density at radius 3 is 2.19 bits per heavy atom. The molecule has 0 aliphatic rings. The third-order valence-electron chi connectivity index (χ3n) is 5.54. The number of ether oxygens (including phenoxy) is 4. The summed E-state index contributed by atoms with van der Waals surface area (Å²) in [4.78, 5) is 16.4. The van der Waals surface area contributed by atoms with Crippen molar-refractivity contribution in [1.82, 2.24) is 19.9 Å². The summed E-state index contributed by atoms with van der Waals surface area (Å²) in [5.74, 6) is 2.27. The van der Waals surface area contributed by atoms with Crippen molar-refractivity contribution in [3.05, 3.63) is 12.4 Å². The molecule has 0 aromatic carbocycles. The first-order valence-electron chi connectivity index (χ1n) is 12.1. The van der Waals surface area contributed by atoms with Crippen LogP contribution in [-0.2, 0) is 9.47 Å². The molecule has 2 aromatic heterocycles. The van der Waals surface area contributed by atoms with E-state index in [1.54, 1.807) is 14.2 Å². The zero-order valence-electron chi connectivity index (χ0n) is 21.6. The number of nitrogen functional groups attached to an aromatic ring is 2. The van der Waals surface area contributed by atoms with Crippen molar-refractivity contribution in [2.75, 3.05) is 69.4 Å². The zero-order chi connectivity index (χ0) is 26.3. The SMILES string of the molecule is CCC[C@@H](CO)Nc1nc(N)ncc1OCCOCC(CC)C(COC)Nc1nc(N)ncc1OC. The van der Waals surface area contributed by atoms with Gasteiger partial charge >= 0.3 is 0 Å². The number of anilines is 4. The van der Waals surface area contributed by atoms with E-state index in [-0.39, 0.29) is 43.1 Å². The average Bonchev–Trinajstić information content (AvgIpc) is 2.87. The minimum atomic E-state index is -0.151. The van der Waals surface area contributed by atoms with Crippen LogP contribution >= 0.6 is 0 Å². The van der Waals surface area contributed by atoms with Crippen LogP contribution in [0.3, 0.4) is 0 Å². The van der Waals surface area contributed by atoms with E-state index in [1.807, 2.05) is 6.92 Å². The summed E-state index contributed by atoms with van der Waals surface area (Å²) >= 11 is 0. The second kappa shape index (κ2) is 15.8. The minimum absolute atomic E-state index is 0.0249. The Labute approximate surface area is 212 Å². The highest BCUT2D eigenvalue weighted by Crippen LogP contribution is 2.25. The smallest absolute Gasteiger partial charge is 0.222 e. The van der Waals surface area contributed by atoms with Crippen LogP contribution in [0.5, 0.6) is 11.5 Å². The van der Waals surface area contributed by atoms with Gasteiger partial charge in [-0.1, -0.05) is 20.3 Å². The number of aliphatic hydroxyl groups excluding tert-OH is 1. The molecule has 2 aromatic rings. The second-order valence-corrected chi connectivity index (χ2v) is 8.20. The first-order valence-corrected chi connectivity index (χ1v) is 12.1. The molecule has 0 saturated heterocycles. The summed E-state index contributed by atoms with van der Waals surface area (Å²) in [5, 5.41) is 16.1. The van der Waals surface area contributed by atoms with Gasteiger partial charge in [0.15, 0.2) is 23.1 Å². The van der Waals surface area contributed by atoms with Gasteiger partial charge in [0.1, 0.15) is 6.61 Å². The summed E-state index contributed by atoms with van der Waals surface area (Å²) in [7, 11) is 3.19. The number of nitrogens with two attached hydrogens (primary N) is 2. The van der Waals surface area contributed by atoms with Gasteiger partial charge in [0.25, 0.3) is 0 Å². The number of aliphatic hydroxyl groups is 1. The van der Waals surface area contributed by atoms with E-state index in [4.69, 9.17) is 30.4 Å². The molecule has 36 heavy (non-hydrogen) atoms. The first kappa shape index (κ1) is 29.1. The summed E-state index contributed by atoms with van der Waals surface area (Å²) in [6, 6.07) is -0.248. The number of nitrogens with one attached hydrogen (secondary N) is 2. The van der Waals surface area contributed by atoms with E-state index in [0.717, 1.165) is 19.3 Å². The van der Waals surface area contributed by atoms with Crippen LogP contribution < -0.4 is 31.6 Å². The Morgan fingerprint density at radius 1 is 0.944 bits per heavy atom. The van der Waals surface area contributed by atoms with Gasteiger partial charge in [-0.3, -0.25) is 0 Å². The molecule has 202 valence electrons. The maximum absolute atomic E-state index is 9.59. The Balaban J connectivity index is 1.92. The molecule has 2 unspecified atom stereocenters. The van der Waals surface area contributed by atoms with Crippen molar-refractivity contribution in [2.45, 2.75) is 45.2 Å². The number of aromatic nitrogens is 4. The van der Waals surface area contributed by atoms with Gasteiger partial charge in [-0.05, 0) is 12.8 Å². The van der Waals surface area contributed by atoms with Crippen LogP contribution in [0.15, 0.2) is 12.4 Å². The van der Waals surface area contributed by atoms with Gasteiger partial charge in [0.2, 0.25) is 11.9 Å². The van der Waals surface area contributed by atoms with E-state index in [9.17, 15) is 5.11 Å². The normalized spacial score (nSPS) is 13.6. The standard InChI is InChI=1S/C23H40N8O5/c1-5-7-16(12-32)28-21-19(11-27-23(25)31-21)36-9-8-35-13-15(6-2)17(14-33-3)29-20-18(34-4)10-26-22(24)30-20/h10-11,15-17,32H,5-9,12-14H2,1-4H3,(H3,24,26,29,30)(H3,25,27,28,31)/t15?,16-,17?/m0/s1. The van der Waals surface area contributed by atoms with E-state index in [1.165, 1.54) is 12.4 Å². The van der Waals surface area contributed by atoms with Gasteiger partial charge in [-0.15, -0.1) is 0 Å². The molecule has 0 fully saturated rings. The molecule has 2 heterocycles. The van der Waals surface area contributed by atoms with Gasteiger partial charge in [0, 0.05) is 13.0 Å². The molecule has 0 radical (unpaired) electrons. The van der Waals surface area contributed by atoms with E-state index in [0.29, 0.717) is 43.0 Å². The Kier molecular flexibility index (Phi) is 12.7. The largest absolute Gasteiger partial charge is 0.491 e. The third-order valence-corrected chi connectivity index (χ3v) is 5.54. The molecule has 2 rings (SSSR count). The van der Waals surface area contributed by atoms with E-state index in [2.05, 4.69) is 37.5 Å². The van der Waals surface area contributed by atoms with E-state index >= 15 is 0 Å². The number of nitrogens with zero attached hydrogens (tertiary/aromatic N) is 4. The van der Waals surface area contributed by atoms with Crippen LogP contribution in [0.25, 0.3) is 0 Å². The van der Waals surface area contributed by atoms with Crippen LogP contribution in [0.1, 0.15) is 33.1 Å². The molecule has 13 nitrogen and oxygen atoms in total. The van der Waals surface area contributed by atoms with Gasteiger partial charge in [0.05, 0.1) is 58.0 Å². The molecule has 7 N–H and O–H groups in total. The first-order chi connectivity index (χ1) is 17.4. The zero-order valence-corrected chi connectivity index (χ0v) is 21.6. The predicted octanol–water partition coefficient (Wildman–Crippen LogP) is 1.56. The molecular formula is C23H40N8O5. The van der Waals surface area contributed by atoms with Crippen LogP contribution in [0, 0.1) is 5.92 Å².